The van der Waals surface area contributed by atoms with Crippen LogP contribution in [0.5, 0.6) is 5.75 Å². The second-order valence-electron chi connectivity index (χ2n) is 2.42. The topological polar surface area (TPSA) is 46.2 Å². The van der Waals surface area contributed by atoms with E-state index in [4.69, 9.17) is 10.8 Å². The molecule has 0 unspecified atom stereocenters. The van der Waals surface area contributed by atoms with Gasteiger partial charge in [0.05, 0.1) is 0 Å². The second kappa shape index (κ2) is 3.70. The largest absolute Gasteiger partial charge is 0.508 e. The summed E-state index contributed by atoms with van der Waals surface area (Å²) in [5, 5.41) is 9.17. The number of nitrogens with two attached hydrogens (primary N) is 1. The van der Waals surface area contributed by atoms with Crippen LogP contribution in [0.25, 0.3) is 0 Å². The maximum Gasteiger partial charge on any atom is 0.118 e. The monoisotopic (exact) mass is 188 g/mol. The molecule has 0 fully saturated rings. The summed E-state index contributed by atoms with van der Waals surface area (Å²) < 4.78 is 0. The van der Waals surface area contributed by atoms with E-state index in [0.717, 1.165) is 16.8 Å². The van der Waals surface area contributed by atoms with Crippen molar-refractivity contribution in [3.63, 3.8) is 0 Å². The summed E-state index contributed by atoms with van der Waals surface area (Å²) in [6, 6.07) is 3.31. The van der Waals surface area contributed by atoms with Gasteiger partial charge in [-0.3, -0.25) is 0 Å². The third kappa shape index (κ3) is 1.92. The van der Waals surface area contributed by atoms with Crippen molar-refractivity contribution in [2.75, 3.05) is 5.73 Å². The van der Waals surface area contributed by atoms with Crippen molar-refractivity contribution >= 4 is 5.69 Å². The maximum atomic E-state index is 9.17. The number of hydrogen-bond donors (Lipinski definition) is 2. The van der Waals surface area contributed by atoms with Crippen molar-refractivity contribution < 1.29 is 23.7 Å². The molecule has 0 spiro atoms. The molecule has 1 aromatic rings. The Kier molecular flexibility index (Phi) is 3.50. The average molecular weight is 188 g/mol. The van der Waals surface area contributed by atoms with Crippen LogP contribution in [-0.4, -0.2) is 5.11 Å². The van der Waals surface area contributed by atoms with Gasteiger partial charge in [0.1, 0.15) is 5.75 Å². The minimum Gasteiger partial charge on any atom is -0.508 e. The Morgan fingerprint density at radius 1 is 1.18 bits per heavy atom. The van der Waals surface area contributed by atoms with Gasteiger partial charge in [-0.25, -0.2) is 0 Å². The van der Waals surface area contributed by atoms with E-state index in [-0.39, 0.29) is 18.6 Å². The first kappa shape index (κ1) is 10.4. The van der Waals surface area contributed by atoms with Crippen LogP contribution in [0.4, 0.5) is 5.69 Å². The molecule has 0 saturated carbocycles. The number of anilines is 1. The molecule has 1 aromatic carbocycles. The van der Waals surface area contributed by atoms with E-state index in [1.54, 1.807) is 12.1 Å². The first-order valence-electron chi connectivity index (χ1n) is 3.17. The summed E-state index contributed by atoms with van der Waals surface area (Å²) >= 11 is 0. The minimum atomic E-state index is 0. The van der Waals surface area contributed by atoms with Crippen LogP contribution in [0, 0.1) is 13.8 Å². The van der Waals surface area contributed by atoms with Crippen LogP contribution in [0.15, 0.2) is 12.1 Å². The van der Waals surface area contributed by atoms with Crippen LogP contribution < -0.4 is 5.73 Å². The predicted molar refractivity (Wildman–Crippen MR) is 42.0 cm³/mol. The van der Waals surface area contributed by atoms with Gasteiger partial charge in [-0.1, -0.05) is 0 Å². The molecule has 0 atom stereocenters. The van der Waals surface area contributed by atoms with Gasteiger partial charge in [0.15, 0.2) is 0 Å². The molecular formula is C8H11NOV. The quantitative estimate of drug-likeness (QED) is 0.479. The van der Waals surface area contributed by atoms with Crippen molar-refractivity contribution in [3.05, 3.63) is 23.3 Å². The number of hydrogen-bond acceptors (Lipinski definition) is 2. The second-order valence-corrected chi connectivity index (χ2v) is 2.42. The standard InChI is InChI=1S/C8H11NO.V/c1-5-6(2)8(10)4-3-7(5)9;/h3-4,10H,9H2,1-2H3;. The van der Waals surface area contributed by atoms with Crippen molar-refractivity contribution in [3.8, 4) is 5.75 Å². The van der Waals surface area contributed by atoms with Crippen molar-refractivity contribution in [1.82, 2.24) is 0 Å². The fourth-order valence-corrected chi connectivity index (χ4v) is 0.827. The van der Waals surface area contributed by atoms with Gasteiger partial charge >= 0.3 is 0 Å². The third-order valence-electron chi connectivity index (χ3n) is 1.80. The molecule has 1 radical (unpaired) electrons. The Labute approximate surface area is 78.3 Å². The maximum absolute atomic E-state index is 9.17. The molecule has 3 N–H and O–H groups in total. The molecule has 0 aliphatic heterocycles. The number of rotatable bonds is 0. The van der Waals surface area contributed by atoms with Gasteiger partial charge in [-0.15, -0.1) is 0 Å². The molecule has 11 heavy (non-hydrogen) atoms. The molecule has 0 amide bonds. The normalized spacial score (nSPS) is 8.91. The Morgan fingerprint density at radius 3 is 2.18 bits per heavy atom. The molecular weight excluding hydrogens is 177 g/mol. The first-order chi connectivity index (χ1) is 4.63. The van der Waals surface area contributed by atoms with Crippen molar-refractivity contribution in [2.24, 2.45) is 0 Å². The van der Waals surface area contributed by atoms with Gasteiger partial charge in [0.25, 0.3) is 0 Å². The van der Waals surface area contributed by atoms with E-state index in [2.05, 4.69) is 0 Å². The Bertz CT molecular complexity index is 234. The number of nitrogen functional groups attached to an aromatic ring is 1. The zero-order chi connectivity index (χ0) is 7.72. The van der Waals surface area contributed by atoms with E-state index < -0.39 is 0 Å². The molecule has 3 heteroatoms. The minimum absolute atomic E-state index is 0. The van der Waals surface area contributed by atoms with E-state index in [9.17, 15) is 0 Å². The van der Waals surface area contributed by atoms with Gasteiger partial charge < -0.3 is 10.8 Å². The van der Waals surface area contributed by atoms with Gasteiger partial charge in [-0.2, -0.15) is 0 Å². The summed E-state index contributed by atoms with van der Waals surface area (Å²) in [6.07, 6.45) is 0. The van der Waals surface area contributed by atoms with Crippen LogP contribution in [0.2, 0.25) is 0 Å². The van der Waals surface area contributed by atoms with Gasteiger partial charge in [-0.05, 0) is 37.1 Å². The third-order valence-corrected chi connectivity index (χ3v) is 1.80. The number of aromatic hydroxyl groups is 1. The van der Waals surface area contributed by atoms with Crippen LogP contribution >= 0.6 is 0 Å². The Hall–Kier alpha value is -0.596. The fourth-order valence-electron chi connectivity index (χ4n) is 0.827. The smallest absolute Gasteiger partial charge is 0.118 e. The summed E-state index contributed by atoms with van der Waals surface area (Å²) in [5.74, 6) is 0.312. The zero-order valence-corrected chi connectivity index (χ0v) is 8.02. The first-order valence-corrected chi connectivity index (χ1v) is 3.17. The zero-order valence-electron chi connectivity index (χ0n) is 6.63. The molecule has 0 aliphatic carbocycles. The molecule has 59 valence electrons. The van der Waals surface area contributed by atoms with Crippen LogP contribution in [-0.2, 0) is 18.6 Å². The van der Waals surface area contributed by atoms with E-state index in [1.165, 1.54) is 0 Å². The predicted octanol–water partition coefficient (Wildman–Crippen LogP) is 1.59. The fraction of sp³-hybridized carbons (Fsp3) is 0.250. The molecule has 0 aromatic heterocycles. The van der Waals surface area contributed by atoms with Crippen molar-refractivity contribution in [2.45, 2.75) is 13.8 Å². The molecule has 0 saturated heterocycles. The van der Waals surface area contributed by atoms with Crippen LogP contribution in [0.1, 0.15) is 11.1 Å². The summed E-state index contributed by atoms with van der Waals surface area (Å²) in [4.78, 5) is 0. The van der Waals surface area contributed by atoms with Crippen LogP contribution in [0.3, 0.4) is 0 Å². The van der Waals surface area contributed by atoms with E-state index >= 15 is 0 Å². The van der Waals surface area contributed by atoms with E-state index in [0.29, 0.717) is 5.75 Å². The molecule has 0 aliphatic rings. The summed E-state index contributed by atoms with van der Waals surface area (Å²) in [5.41, 5.74) is 8.13. The van der Waals surface area contributed by atoms with Gasteiger partial charge in [0.2, 0.25) is 0 Å². The molecule has 0 bridgehead atoms. The number of benzene rings is 1. The molecule has 1 rings (SSSR count). The average Bonchev–Trinajstić information content (AvgIpc) is 1.93. The number of phenols is 1. The Balaban J connectivity index is 0.000001000. The van der Waals surface area contributed by atoms with Crippen molar-refractivity contribution in [1.29, 1.82) is 0 Å². The SMILES string of the molecule is Cc1c(N)ccc(O)c1C.[V]. The molecule has 0 heterocycles. The van der Waals surface area contributed by atoms with E-state index in [1.807, 2.05) is 13.8 Å². The summed E-state index contributed by atoms with van der Waals surface area (Å²) in [6.45, 7) is 3.74. The summed E-state index contributed by atoms with van der Waals surface area (Å²) in [7, 11) is 0. The molecule has 2 nitrogen and oxygen atoms in total. The Morgan fingerprint density at radius 2 is 1.73 bits per heavy atom. The number of phenolic OH excluding ortho intramolecular Hbond substituents is 1. The van der Waals surface area contributed by atoms with Gasteiger partial charge in [0, 0.05) is 24.2 Å².